The van der Waals surface area contributed by atoms with Crippen LogP contribution in [0.15, 0.2) is 24.3 Å². The van der Waals surface area contributed by atoms with Gasteiger partial charge in [-0.1, -0.05) is 12.1 Å². The summed E-state index contributed by atoms with van der Waals surface area (Å²) >= 11 is 0. The molecule has 22 heavy (non-hydrogen) atoms. The molecule has 1 aliphatic heterocycles. The average molecular weight is 308 g/mol. The van der Waals surface area contributed by atoms with Gasteiger partial charge in [0.15, 0.2) is 0 Å². The molecule has 0 aromatic heterocycles. The number of hydrogen-bond donors (Lipinski definition) is 2. The number of nitrogens with zero attached hydrogens (tertiary/aromatic N) is 1. The number of nitrogens with one attached hydrogen (secondary N) is 1. The van der Waals surface area contributed by atoms with E-state index in [0.29, 0.717) is 24.9 Å². The lowest BCUT2D eigenvalue weighted by Crippen LogP contribution is -2.48. The van der Waals surface area contributed by atoms with Crippen molar-refractivity contribution in [3.8, 4) is 0 Å². The molecule has 0 bridgehead atoms. The summed E-state index contributed by atoms with van der Waals surface area (Å²) in [5.41, 5.74) is 0.671. The van der Waals surface area contributed by atoms with Crippen molar-refractivity contribution in [1.29, 1.82) is 0 Å². The maximum Gasteiger partial charge on any atom is 0.311 e. The van der Waals surface area contributed by atoms with Gasteiger partial charge in [-0.25, -0.2) is 4.39 Å². The van der Waals surface area contributed by atoms with Crippen LogP contribution in [0.25, 0.3) is 0 Å². The number of hydrogen-bond acceptors (Lipinski definition) is 3. The van der Waals surface area contributed by atoms with E-state index in [1.165, 1.54) is 29.2 Å². The van der Waals surface area contributed by atoms with E-state index in [2.05, 4.69) is 5.32 Å². The number of benzene rings is 1. The second kappa shape index (κ2) is 7.02. The van der Waals surface area contributed by atoms with Crippen LogP contribution in [0.2, 0.25) is 0 Å². The maximum atomic E-state index is 12.8. The van der Waals surface area contributed by atoms with Gasteiger partial charge >= 0.3 is 17.8 Å². The summed E-state index contributed by atoms with van der Waals surface area (Å²) in [6.45, 7) is 0.547. The molecule has 6 nitrogen and oxygen atoms in total. The molecule has 2 amide bonds. The van der Waals surface area contributed by atoms with Gasteiger partial charge in [-0.3, -0.25) is 14.4 Å². The molecule has 0 unspecified atom stereocenters. The second-order valence-corrected chi connectivity index (χ2v) is 5.24. The van der Waals surface area contributed by atoms with Crippen LogP contribution < -0.4 is 5.32 Å². The molecule has 1 heterocycles. The first-order chi connectivity index (χ1) is 10.5. The predicted octanol–water partition coefficient (Wildman–Crippen LogP) is 0.765. The third kappa shape index (κ3) is 4.03. The zero-order valence-corrected chi connectivity index (χ0v) is 11.9. The maximum absolute atomic E-state index is 12.8. The molecule has 2 N–H and O–H groups in total. The van der Waals surface area contributed by atoms with Crippen LogP contribution in [0, 0.1) is 11.7 Å². The van der Waals surface area contributed by atoms with Crippen LogP contribution >= 0.6 is 0 Å². The highest BCUT2D eigenvalue weighted by molar-refractivity contribution is 6.35. The van der Waals surface area contributed by atoms with Gasteiger partial charge in [-0.05, 0) is 30.5 Å². The smallest absolute Gasteiger partial charge is 0.311 e. The average Bonchev–Trinajstić information content (AvgIpc) is 2.53. The molecule has 0 saturated carbocycles. The van der Waals surface area contributed by atoms with Crippen molar-refractivity contribution in [2.75, 3.05) is 13.1 Å². The fraction of sp³-hybridized carbons (Fsp3) is 0.400. The van der Waals surface area contributed by atoms with Crippen molar-refractivity contribution in [2.45, 2.75) is 19.4 Å². The van der Waals surface area contributed by atoms with Crippen LogP contribution in [-0.2, 0) is 20.9 Å². The Bertz CT molecular complexity index is 573. The fourth-order valence-corrected chi connectivity index (χ4v) is 2.37. The summed E-state index contributed by atoms with van der Waals surface area (Å²) < 4.78 is 12.8. The topological polar surface area (TPSA) is 86.7 Å². The highest BCUT2D eigenvalue weighted by Crippen LogP contribution is 2.16. The first-order valence-corrected chi connectivity index (χ1v) is 7.01. The lowest BCUT2D eigenvalue weighted by molar-refractivity contribution is -0.150. The molecule has 0 spiro atoms. The van der Waals surface area contributed by atoms with E-state index < -0.39 is 23.7 Å². The lowest BCUT2D eigenvalue weighted by Gasteiger charge is -2.30. The molecule has 1 aromatic carbocycles. The number of aliphatic carboxylic acids is 1. The van der Waals surface area contributed by atoms with Crippen molar-refractivity contribution >= 4 is 17.8 Å². The molecule has 0 radical (unpaired) electrons. The van der Waals surface area contributed by atoms with Crippen molar-refractivity contribution in [3.05, 3.63) is 35.6 Å². The van der Waals surface area contributed by atoms with E-state index in [1.54, 1.807) is 0 Å². The van der Waals surface area contributed by atoms with Gasteiger partial charge < -0.3 is 15.3 Å². The summed E-state index contributed by atoms with van der Waals surface area (Å²) in [4.78, 5) is 36.1. The third-order valence-corrected chi connectivity index (χ3v) is 3.62. The monoisotopic (exact) mass is 308 g/mol. The quantitative estimate of drug-likeness (QED) is 0.807. The van der Waals surface area contributed by atoms with Gasteiger partial charge in [0, 0.05) is 19.6 Å². The SMILES string of the molecule is O=C(NCc1ccc(F)cc1)C(=O)N1CCC[C@H](C(=O)O)C1. The van der Waals surface area contributed by atoms with Gasteiger partial charge in [-0.15, -0.1) is 0 Å². The molecule has 2 rings (SSSR count). The van der Waals surface area contributed by atoms with Crippen LogP contribution in [0.1, 0.15) is 18.4 Å². The van der Waals surface area contributed by atoms with Gasteiger partial charge in [-0.2, -0.15) is 0 Å². The Morgan fingerprint density at radius 2 is 1.95 bits per heavy atom. The number of likely N-dealkylation sites (tertiary alicyclic amines) is 1. The molecule has 7 heteroatoms. The number of carbonyl (C=O) groups is 3. The fourth-order valence-electron chi connectivity index (χ4n) is 2.37. The van der Waals surface area contributed by atoms with E-state index in [1.807, 2.05) is 0 Å². The summed E-state index contributed by atoms with van der Waals surface area (Å²) in [6, 6.07) is 5.57. The summed E-state index contributed by atoms with van der Waals surface area (Å²) in [5, 5.41) is 11.4. The number of amides is 2. The zero-order chi connectivity index (χ0) is 16.1. The molecular weight excluding hydrogens is 291 g/mol. The van der Waals surface area contributed by atoms with Gasteiger partial charge in [0.25, 0.3) is 0 Å². The highest BCUT2D eigenvalue weighted by atomic mass is 19.1. The first-order valence-electron chi connectivity index (χ1n) is 7.01. The number of carboxylic acids is 1. The minimum absolute atomic E-state index is 0.0537. The molecule has 118 valence electrons. The molecule has 0 aliphatic carbocycles. The Kier molecular flexibility index (Phi) is 5.08. The number of carboxylic acid groups (broad SMARTS) is 1. The third-order valence-electron chi connectivity index (χ3n) is 3.62. The lowest BCUT2D eigenvalue weighted by atomic mass is 9.98. The van der Waals surface area contributed by atoms with Crippen molar-refractivity contribution < 1.29 is 23.9 Å². The number of carbonyl (C=O) groups excluding carboxylic acids is 2. The summed E-state index contributed by atoms with van der Waals surface area (Å²) in [7, 11) is 0. The van der Waals surface area contributed by atoms with E-state index in [0.717, 1.165) is 0 Å². The van der Waals surface area contributed by atoms with Crippen molar-refractivity contribution in [3.63, 3.8) is 0 Å². The normalized spacial score (nSPS) is 17.9. The van der Waals surface area contributed by atoms with E-state index in [9.17, 15) is 18.8 Å². The number of piperidine rings is 1. The largest absolute Gasteiger partial charge is 0.481 e. The molecule has 1 saturated heterocycles. The van der Waals surface area contributed by atoms with Crippen LogP contribution in [-0.4, -0.2) is 40.9 Å². The highest BCUT2D eigenvalue weighted by Gasteiger charge is 2.30. The Morgan fingerprint density at radius 1 is 1.27 bits per heavy atom. The minimum atomic E-state index is -0.954. The second-order valence-electron chi connectivity index (χ2n) is 5.24. The van der Waals surface area contributed by atoms with E-state index >= 15 is 0 Å². The standard InChI is InChI=1S/C15H17FN2O4/c16-12-5-3-10(4-6-12)8-17-13(19)14(20)18-7-1-2-11(9-18)15(21)22/h3-6,11H,1-2,7-9H2,(H,17,19)(H,21,22)/t11-/m0/s1. The Morgan fingerprint density at radius 3 is 2.59 bits per heavy atom. The van der Waals surface area contributed by atoms with Crippen LogP contribution in [0.3, 0.4) is 0 Å². The first kappa shape index (κ1) is 15.9. The molecule has 1 atom stereocenters. The summed E-state index contributed by atoms with van der Waals surface area (Å²) in [5.74, 6) is -3.46. The zero-order valence-electron chi connectivity index (χ0n) is 11.9. The van der Waals surface area contributed by atoms with Gasteiger partial charge in [0.2, 0.25) is 0 Å². The minimum Gasteiger partial charge on any atom is -0.481 e. The van der Waals surface area contributed by atoms with E-state index in [-0.39, 0.29) is 18.9 Å². The Balaban J connectivity index is 1.87. The molecule has 1 fully saturated rings. The number of rotatable bonds is 3. The van der Waals surface area contributed by atoms with Crippen LogP contribution in [0.5, 0.6) is 0 Å². The Labute approximate surface area is 126 Å². The van der Waals surface area contributed by atoms with Crippen molar-refractivity contribution in [2.24, 2.45) is 5.92 Å². The Hall–Kier alpha value is -2.44. The number of halogens is 1. The van der Waals surface area contributed by atoms with Crippen molar-refractivity contribution in [1.82, 2.24) is 10.2 Å². The predicted molar refractivity (Wildman–Crippen MR) is 75.2 cm³/mol. The van der Waals surface area contributed by atoms with E-state index in [4.69, 9.17) is 5.11 Å². The molecule has 1 aliphatic rings. The van der Waals surface area contributed by atoms with Gasteiger partial charge in [0.1, 0.15) is 5.82 Å². The van der Waals surface area contributed by atoms with Crippen LogP contribution in [0.4, 0.5) is 4.39 Å². The molecule has 1 aromatic rings. The summed E-state index contributed by atoms with van der Waals surface area (Å²) in [6.07, 6.45) is 1.07. The molecular formula is C15H17FN2O4. The van der Waals surface area contributed by atoms with Gasteiger partial charge in [0.05, 0.1) is 5.92 Å².